The molecule has 1 fully saturated rings. The minimum atomic E-state index is -0.138. The predicted octanol–water partition coefficient (Wildman–Crippen LogP) is 3.01. The summed E-state index contributed by atoms with van der Waals surface area (Å²) in [5.41, 5.74) is 0.794. The molecule has 0 aromatic heterocycles. The van der Waals surface area contributed by atoms with Gasteiger partial charge in [0.15, 0.2) is 11.5 Å². The molecule has 3 rings (SSSR count). The molecule has 23 heavy (non-hydrogen) atoms. The summed E-state index contributed by atoms with van der Waals surface area (Å²) in [6, 6.07) is 3.54. The molecular weight excluding hydrogens is 318 g/mol. The fraction of sp³-hybridized carbons (Fsp3) is 0.471. The van der Waals surface area contributed by atoms with Crippen molar-refractivity contribution in [1.82, 2.24) is 5.32 Å². The molecule has 124 valence electrons. The van der Waals surface area contributed by atoms with Crippen LogP contribution in [-0.2, 0) is 9.53 Å². The number of fused-ring (bicyclic) bond motifs is 1. The van der Waals surface area contributed by atoms with Crippen molar-refractivity contribution in [2.45, 2.75) is 19.3 Å². The van der Waals surface area contributed by atoms with E-state index in [1.807, 2.05) is 0 Å². The fourth-order valence-corrected chi connectivity index (χ4v) is 2.51. The van der Waals surface area contributed by atoms with Gasteiger partial charge in [-0.15, -0.1) is 0 Å². The largest absolute Gasteiger partial charge is 0.454 e. The molecule has 0 spiro atoms. The number of ether oxygens (including phenoxy) is 3. The van der Waals surface area contributed by atoms with Crippen molar-refractivity contribution in [2.24, 2.45) is 5.92 Å². The molecule has 1 aliphatic heterocycles. The summed E-state index contributed by atoms with van der Waals surface area (Å²) in [7, 11) is 0. The van der Waals surface area contributed by atoms with Crippen molar-refractivity contribution in [2.75, 3.05) is 26.6 Å². The molecule has 0 saturated heterocycles. The Hall–Kier alpha value is -1.72. The SMILES string of the molecule is O=C(/C=C/c1cc(Cl)c2c(c1)OCO2)NCCCOCC1CC1. The van der Waals surface area contributed by atoms with Gasteiger partial charge < -0.3 is 19.5 Å². The average Bonchev–Trinajstić information content (AvgIpc) is 3.23. The summed E-state index contributed by atoms with van der Waals surface area (Å²) >= 11 is 6.10. The Labute approximate surface area is 140 Å². The van der Waals surface area contributed by atoms with Crippen LogP contribution in [0.4, 0.5) is 0 Å². The normalized spacial score (nSPS) is 16.0. The third-order valence-corrected chi connectivity index (χ3v) is 3.97. The lowest BCUT2D eigenvalue weighted by Gasteiger charge is -2.04. The molecular formula is C17H20ClNO4. The number of carbonyl (C=O) groups is 1. The number of halogens is 1. The molecule has 0 atom stereocenters. The van der Waals surface area contributed by atoms with Crippen LogP contribution >= 0.6 is 11.6 Å². The molecule has 6 heteroatoms. The zero-order valence-corrected chi connectivity index (χ0v) is 13.6. The first kappa shape index (κ1) is 16.1. The maximum Gasteiger partial charge on any atom is 0.244 e. The summed E-state index contributed by atoms with van der Waals surface area (Å²) in [5, 5.41) is 3.31. The van der Waals surface area contributed by atoms with Crippen LogP contribution in [0.3, 0.4) is 0 Å². The van der Waals surface area contributed by atoms with Crippen molar-refractivity contribution in [3.05, 3.63) is 28.8 Å². The van der Waals surface area contributed by atoms with E-state index in [1.165, 1.54) is 18.9 Å². The van der Waals surface area contributed by atoms with E-state index in [-0.39, 0.29) is 12.7 Å². The zero-order chi connectivity index (χ0) is 16.1. The number of amides is 1. The highest BCUT2D eigenvalue weighted by Crippen LogP contribution is 2.40. The van der Waals surface area contributed by atoms with Gasteiger partial charge in [-0.1, -0.05) is 11.6 Å². The molecule has 0 unspecified atom stereocenters. The highest BCUT2D eigenvalue weighted by molar-refractivity contribution is 6.32. The third kappa shape index (κ3) is 4.88. The molecule has 1 aliphatic carbocycles. The lowest BCUT2D eigenvalue weighted by atomic mass is 10.2. The fourth-order valence-electron chi connectivity index (χ4n) is 2.23. The van der Waals surface area contributed by atoms with Crippen LogP contribution in [0.2, 0.25) is 5.02 Å². The molecule has 1 aromatic carbocycles. The Morgan fingerprint density at radius 2 is 2.26 bits per heavy atom. The lowest BCUT2D eigenvalue weighted by molar-refractivity contribution is -0.116. The van der Waals surface area contributed by atoms with Crippen molar-refractivity contribution >= 4 is 23.6 Å². The van der Waals surface area contributed by atoms with Crippen LogP contribution in [0.1, 0.15) is 24.8 Å². The Morgan fingerprint density at radius 1 is 1.39 bits per heavy atom. The maximum atomic E-state index is 11.8. The van der Waals surface area contributed by atoms with Crippen molar-refractivity contribution in [3.63, 3.8) is 0 Å². The van der Waals surface area contributed by atoms with Gasteiger partial charge in [-0.25, -0.2) is 0 Å². The standard InChI is InChI=1S/C17H20ClNO4/c18-14-8-13(9-15-17(14)23-11-22-15)4-5-16(20)19-6-1-7-21-10-12-2-3-12/h4-5,8-9,12H,1-3,6-7,10-11H2,(H,19,20)/b5-4+. The van der Waals surface area contributed by atoms with Crippen molar-refractivity contribution < 1.29 is 19.0 Å². The minimum Gasteiger partial charge on any atom is -0.454 e. The monoisotopic (exact) mass is 337 g/mol. The Kier molecular flexibility index (Phi) is 5.41. The lowest BCUT2D eigenvalue weighted by Crippen LogP contribution is -2.23. The molecule has 0 radical (unpaired) electrons. The van der Waals surface area contributed by atoms with E-state index in [0.29, 0.717) is 29.7 Å². The van der Waals surface area contributed by atoms with Gasteiger partial charge >= 0.3 is 0 Å². The van der Waals surface area contributed by atoms with E-state index in [2.05, 4.69) is 5.32 Å². The molecule has 1 saturated carbocycles. The quantitative estimate of drug-likeness (QED) is 0.585. The highest BCUT2D eigenvalue weighted by Gasteiger charge is 2.20. The first-order valence-corrected chi connectivity index (χ1v) is 8.23. The summed E-state index contributed by atoms with van der Waals surface area (Å²) < 4.78 is 16.1. The zero-order valence-electron chi connectivity index (χ0n) is 12.8. The summed E-state index contributed by atoms with van der Waals surface area (Å²) in [4.78, 5) is 11.8. The van der Waals surface area contributed by atoms with Crippen LogP contribution in [0, 0.1) is 5.92 Å². The second-order valence-electron chi connectivity index (χ2n) is 5.73. The predicted molar refractivity (Wildman–Crippen MR) is 87.8 cm³/mol. The van der Waals surface area contributed by atoms with Crippen LogP contribution in [0.25, 0.3) is 6.08 Å². The second-order valence-corrected chi connectivity index (χ2v) is 6.14. The molecule has 1 aromatic rings. The van der Waals surface area contributed by atoms with E-state index < -0.39 is 0 Å². The second kappa shape index (κ2) is 7.70. The summed E-state index contributed by atoms with van der Waals surface area (Å²) in [6.45, 7) is 2.33. The van der Waals surface area contributed by atoms with E-state index in [9.17, 15) is 4.79 Å². The van der Waals surface area contributed by atoms with Crippen LogP contribution < -0.4 is 14.8 Å². The third-order valence-electron chi connectivity index (χ3n) is 3.69. The Balaban J connectivity index is 1.38. The van der Waals surface area contributed by atoms with Gasteiger partial charge in [0.25, 0.3) is 0 Å². The molecule has 1 heterocycles. The van der Waals surface area contributed by atoms with E-state index >= 15 is 0 Å². The summed E-state index contributed by atoms with van der Waals surface area (Å²) in [6.07, 6.45) is 6.60. The van der Waals surface area contributed by atoms with Gasteiger partial charge in [0.2, 0.25) is 12.7 Å². The van der Waals surface area contributed by atoms with Gasteiger partial charge in [-0.2, -0.15) is 0 Å². The number of rotatable bonds is 8. The van der Waals surface area contributed by atoms with Crippen LogP contribution in [0.5, 0.6) is 11.5 Å². The Bertz CT molecular complexity index is 599. The average molecular weight is 338 g/mol. The number of benzene rings is 1. The molecule has 0 bridgehead atoms. The molecule has 1 amide bonds. The first-order valence-electron chi connectivity index (χ1n) is 7.85. The van der Waals surface area contributed by atoms with Gasteiger partial charge in [-0.05, 0) is 49.0 Å². The number of nitrogens with one attached hydrogen (secondary N) is 1. The first-order chi connectivity index (χ1) is 11.2. The van der Waals surface area contributed by atoms with Crippen molar-refractivity contribution in [3.8, 4) is 11.5 Å². The van der Waals surface area contributed by atoms with Gasteiger partial charge in [-0.3, -0.25) is 4.79 Å². The topological polar surface area (TPSA) is 56.8 Å². The molecule has 1 N–H and O–H groups in total. The summed E-state index contributed by atoms with van der Waals surface area (Å²) in [5.74, 6) is 1.80. The molecule has 5 nitrogen and oxygen atoms in total. The van der Waals surface area contributed by atoms with E-state index in [1.54, 1.807) is 18.2 Å². The van der Waals surface area contributed by atoms with Crippen molar-refractivity contribution in [1.29, 1.82) is 0 Å². The van der Waals surface area contributed by atoms with E-state index in [0.717, 1.165) is 24.5 Å². The van der Waals surface area contributed by atoms with Gasteiger partial charge in [0, 0.05) is 25.8 Å². The van der Waals surface area contributed by atoms with Gasteiger partial charge in [0.1, 0.15) is 0 Å². The number of carbonyl (C=O) groups excluding carboxylic acids is 1. The highest BCUT2D eigenvalue weighted by atomic mass is 35.5. The maximum absolute atomic E-state index is 11.8. The van der Waals surface area contributed by atoms with Gasteiger partial charge in [0.05, 0.1) is 5.02 Å². The van der Waals surface area contributed by atoms with E-state index in [4.69, 9.17) is 25.8 Å². The minimum absolute atomic E-state index is 0.138. The smallest absolute Gasteiger partial charge is 0.244 e. The van der Waals surface area contributed by atoms with Crippen LogP contribution in [-0.4, -0.2) is 32.5 Å². The number of hydrogen-bond acceptors (Lipinski definition) is 4. The van der Waals surface area contributed by atoms with Crippen LogP contribution in [0.15, 0.2) is 18.2 Å². The Morgan fingerprint density at radius 3 is 3.09 bits per heavy atom. The number of hydrogen-bond donors (Lipinski definition) is 1. The molecule has 2 aliphatic rings.